The summed E-state index contributed by atoms with van der Waals surface area (Å²) in [6, 6.07) is 2.46. The number of piperidine rings is 1. The zero-order valence-corrected chi connectivity index (χ0v) is 12.3. The monoisotopic (exact) mass is 273 g/mol. The predicted molar refractivity (Wildman–Crippen MR) is 81.1 cm³/mol. The molecule has 1 N–H and O–H groups in total. The highest BCUT2D eigenvalue weighted by Crippen LogP contribution is 2.16. The van der Waals surface area contributed by atoms with Gasteiger partial charge < -0.3 is 10.2 Å². The molecule has 0 bridgehead atoms. The summed E-state index contributed by atoms with van der Waals surface area (Å²) in [5.74, 6) is 0.928. The van der Waals surface area contributed by atoms with E-state index in [1.165, 1.54) is 32.4 Å². The van der Waals surface area contributed by atoms with E-state index in [-0.39, 0.29) is 0 Å². The van der Waals surface area contributed by atoms with Gasteiger partial charge in [-0.25, -0.2) is 9.50 Å². The molecule has 0 aromatic carbocycles. The van der Waals surface area contributed by atoms with Crippen molar-refractivity contribution >= 4 is 11.3 Å². The highest BCUT2D eigenvalue weighted by molar-refractivity contribution is 5.67. The topological polar surface area (TPSA) is 45.5 Å². The first-order valence-corrected chi connectivity index (χ1v) is 7.52. The third-order valence-corrected chi connectivity index (χ3v) is 3.88. The number of likely N-dealkylation sites (tertiary alicyclic amines) is 1. The molecule has 5 heteroatoms. The zero-order valence-electron chi connectivity index (χ0n) is 12.3. The molecule has 1 fully saturated rings. The maximum Gasteiger partial charge on any atom is 0.152 e. The lowest BCUT2D eigenvalue weighted by Gasteiger charge is -2.29. The Morgan fingerprint density at radius 1 is 1.30 bits per heavy atom. The SMILES string of the molecule is Cc1cc2c(NC(C)CN3CCCCC3)nccn2n1. The van der Waals surface area contributed by atoms with Crippen LogP contribution < -0.4 is 5.32 Å². The van der Waals surface area contributed by atoms with Crippen molar-refractivity contribution in [1.82, 2.24) is 19.5 Å². The first-order chi connectivity index (χ1) is 9.72. The fraction of sp³-hybridized carbons (Fsp3) is 0.600. The second kappa shape index (κ2) is 5.79. The van der Waals surface area contributed by atoms with E-state index in [1.54, 1.807) is 6.20 Å². The molecule has 108 valence electrons. The van der Waals surface area contributed by atoms with Gasteiger partial charge in [-0.15, -0.1) is 0 Å². The molecule has 3 rings (SSSR count). The molecular formula is C15H23N5. The minimum absolute atomic E-state index is 0.391. The van der Waals surface area contributed by atoms with Gasteiger partial charge in [0.2, 0.25) is 0 Å². The van der Waals surface area contributed by atoms with Crippen LogP contribution in [0.2, 0.25) is 0 Å². The summed E-state index contributed by atoms with van der Waals surface area (Å²) in [7, 11) is 0. The molecule has 1 unspecified atom stereocenters. The molecule has 1 atom stereocenters. The fourth-order valence-electron chi connectivity index (χ4n) is 2.96. The standard InChI is InChI=1S/C15H23N5/c1-12-10-14-15(16-6-9-20(14)18-12)17-13(2)11-19-7-4-3-5-8-19/h6,9-10,13H,3-5,7-8,11H2,1-2H3,(H,16,17). The summed E-state index contributed by atoms with van der Waals surface area (Å²) in [6.07, 6.45) is 7.75. The smallest absolute Gasteiger partial charge is 0.152 e. The van der Waals surface area contributed by atoms with Crippen LogP contribution in [-0.2, 0) is 0 Å². The Labute approximate surface area is 120 Å². The van der Waals surface area contributed by atoms with Crippen LogP contribution in [0.15, 0.2) is 18.5 Å². The second-order valence-corrected chi connectivity index (χ2v) is 5.80. The summed E-state index contributed by atoms with van der Waals surface area (Å²) in [6.45, 7) is 7.78. The molecule has 3 heterocycles. The molecule has 2 aromatic heterocycles. The van der Waals surface area contributed by atoms with Crippen molar-refractivity contribution in [3.63, 3.8) is 0 Å². The number of hydrogen-bond donors (Lipinski definition) is 1. The van der Waals surface area contributed by atoms with E-state index >= 15 is 0 Å². The Balaban J connectivity index is 1.68. The fourth-order valence-corrected chi connectivity index (χ4v) is 2.96. The lowest BCUT2D eigenvalue weighted by Crippen LogP contribution is -2.38. The summed E-state index contributed by atoms with van der Waals surface area (Å²) in [4.78, 5) is 7.01. The van der Waals surface area contributed by atoms with Gasteiger partial charge >= 0.3 is 0 Å². The van der Waals surface area contributed by atoms with Crippen molar-refractivity contribution in [3.05, 3.63) is 24.2 Å². The maximum absolute atomic E-state index is 4.46. The highest BCUT2D eigenvalue weighted by atomic mass is 15.2. The minimum atomic E-state index is 0.391. The average molecular weight is 273 g/mol. The van der Waals surface area contributed by atoms with Gasteiger partial charge in [-0.05, 0) is 45.8 Å². The highest BCUT2D eigenvalue weighted by Gasteiger charge is 2.14. The van der Waals surface area contributed by atoms with Crippen LogP contribution in [0.25, 0.3) is 5.52 Å². The molecule has 0 spiro atoms. The number of nitrogens with zero attached hydrogens (tertiary/aromatic N) is 4. The molecule has 0 amide bonds. The van der Waals surface area contributed by atoms with E-state index in [2.05, 4.69) is 33.3 Å². The number of nitrogens with one attached hydrogen (secondary N) is 1. The van der Waals surface area contributed by atoms with E-state index in [9.17, 15) is 0 Å². The van der Waals surface area contributed by atoms with Gasteiger partial charge in [-0.2, -0.15) is 5.10 Å². The molecule has 2 aromatic rings. The minimum Gasteiger partial charge on any atom is -0.365 e. The lowest BCUT2D eigenvalue weighted by atomic mass is 10.1. The van der Waals surface area contributed by atoms with Crippen LogP contribution in [0.3, 0.4) is 0 Å². The van der Waals surface area contributed by atoms with Crippen molar-refractivity contribution in [1.29, 1.82) is 0 Å². The summed E-state index contributed by atoms with van der Waals surface area (Å²) in [5.41, 5.74) is 2.07. The zero-order chi connectivity index (χ0) is 13.9. The van der Waals surface area contributed by atoms with Crippen molar-refractivity contribution in [3.8, 4) is 0 Å². The van der Waals surface area contributed by atoms with Crippen LogP contribution in [0.5, 0.6) is 0 Å². The Morgan fingerprint density at radius 2 is 2.10 bits per heavy atom. The van der Waals surface area contributed by atoms with E-state index in [0.29, 0.717) is 6.04 Å². The summed E-state index contributed by atoms with van der Waals surface area (Å²) in [5, 5.41) is 7.95. The first kappa shape index (κ1) is 13.4. The van der Waals surface area contributed by atoms with Crippen molar-refractivity contribution in [2.45, 2.75) is 39.2 Å². The molecule has 20 heavy (non-hydrogen) atoms. The molecule has 0 aliphatic carbocycles. The van der Waals surface area contributed by atoms with Crippen LogP contribution in [-0.4, -0.2) is 45.2 Å². The molecule has 0 radical (unpaired) electrons. The lowest BCUT2D eigenvalue weighted by molar-refractivity contribution is 0.223. The van der Waals surface area contributed by atoms with E-state index in [0.717, 1.165) is 23.6 Å². The van der Waals surface area contributed by atoms with Crippen molar-refractivity contribution in [2.75, 3.05) is 25.0 Å². The molecule has 0 saturated carbocycles. The van der Waals surface area contributed by atoms with E-state index in [4.69, 9.17) is 0 Å². The average Bonchev–Trinajstić information content (AvgIpc) is 2.81. The number of aromatic nitrogens is 3. The predicted octanol–water partition coefficient (Wildman–Crippen LogP) is 2.32. The van der Waals surface area contributed by atoms with Crippen LogP contribution >= 0.6 is 0 Å². The number of anilines is 1. The Bertz CT molecular complexity index is 571. The van der Waals surface area contributed by atoms with Gasteiger partial charge in [0.25, 0.3) is 0 Å². The van der Waals surface area contributed by atoms with E-state index in [1.807, 2.05) is 17.6 Å². The van der Waals surface area contributed by atoms with Crippen LogP contribution in [0.4, 0.5) is 5.82 Å². The maximum atomic E-state index is 4.46. The molecule has 1 aliphatic rings. The van der Waals surface area contributed by atoms with Gasteiger partial charge in [0, 0.05) is 25.0 Å². The Morgan fingerprint density at radius 3 is 2.90 bits per heavy atom. The number of fused-ring (bicyclic) bond motifs is 1. The van der Waals surface area contributed by atoms with Gasteiger partial charge in [-0.3, -0.25) is 0 Å². The van der Waals surface area contributed by atoms with Crippen LogP contribution in [0, 0.1) is 6.92 Å². The third kappa shape index (κ3) is 2.93. The normalized spacial score (nSPS) is 18.3. The number of rotatable bonds is 4. The summed E-state index contributed by atoms with van der Waals surface area (Å²) >= 11 is 0. The Hall–Kier alpha value is -1.62. The first-order valence-electron chi connectivity index (χ1n) is 7.52. The Kier molecular flexibility index (Phi) is 3.87. The van der Waals surface area contributed by atoms with Gasteiger partial charge in [0.05, 0.1) is 5.69 Å². The summed E-state index contributed by atoms with van der Waals surface area (Å²) < 4.78 is 1.89. The van der Waals surface area contributed by atoms with E-state index < -0.39 is 0 Å². The van der Waals surface area contributed by atoms with Gasteiger partial charge in [-0.1, -0.05) is 6.42 Å². The van der Waals surface area contributed by atoms with Gasteiger partial charge in [0.1, 0.15) is 5.52 Å². The molecule has 1 aliphatic heterocycles. The molecular weight excluding hydrogens is 250 g/mol. The second-order valence-electron chi connectivity index (χ2n) is 5.80. The molecule has 5 nitrogen and oxygen atoms in total. The largest absolute Gasteiger partial charge is 0.365 e. The number of hydrogen-bond acceptors (Lipinski definition) is 4. The number of aryl methyl sites for hydroxylation is 1. The molecule has 1 saturated heterocycles. The van der Waals surface area contributed by atoms with Crippen molar-refractivity contribution in [2.24, 2.45) is 0 Å². The third-order valence-electron chi connectivity index (χ3n) is 3.88. The van der Waals surface area contributed by atoms with Gasteiger partial charge in [0.15, 0.2) is 5.82 Å². The van der Waals surface area contributed by atoms with Crippen LogP contribution in [0.1, 0.15) is 31.9 Å². The van der Waals surface area contributed by atoms with Crippen molar-refractivity contribution < 1.29 is 0 Å². The quantitative estimate of drug-likeness (QED) is 0.928.